The predicted octanol–water partition coefficient (Wildman–Crippen LogP) is 3.61. The number of hydrogen-bond donors (Lipinski definition) is 0. The number of carbonyl (C=O) groups excluding carboxylic acids is 1. The third-order valence-corrected chi connectivity index (χ3v) is 4.53. The van der Waals surface area contributed by atoms with Crippen LogP contribution in [0.15, 0.2) is 12.1 Å². The average Bonchev–Trinajstić information content (AvgIpc) is 2.88. The van der Waals surface area contributed by atoms with Crippen LogP contribution in [0.4, 0.5) is 0 Å². The maximum absolute atomic E-state index is 11.4. The Morgan fingerprint density at radius 2 is 1.25 bits per heavy atom. The largest absolute Gasteiger partial charge is 0.486 e. The second-order valence-corrected chi connectivity index (χ2v) is 8.99. The second kappa shape index (κ2) is 15.8. The summed E-state index contributed by atoms with van der Waals surface area (Å²) in [6.07, 6.45) is 1.89. The maximum Gasteiger partial charge on any atom is 0.486 e. The van der Waals surface area contributed by atoms with E-state index in [0.717, 1.165) is 0 Å². The molecule has 0 spiro atoms. The Balaban J connectivity index is 0.00000466. The lowest BCUT2D eigenvalue weighted by Crippen LogP contribution is -2.41. The molecule has 1 aliphatic heterocycles. The van der Waals surface area contributed by atoms with E-state index in [2.05, 4.69) is 0 Å². The summed E-state index contributed by atoms with van der Waals surface area (Å²) in [5.74, 6) is 1.49. The highest BCUT2D eigenvalue weighted by atomic mass is 16.7. The molecule has 0 bridgehead atoms. The normalized spacial score (nSPS) is 17.3. The summed E-state index contributed by atoms with van der Waals surface area (Å²) in [6, 6.07) is 0. The van der Waals surface area contributed by atoms with Gasteiger partial charge in [0.25, 0.3) is 0 Å². The van der Waals surface area contributed by atoms with Crippen molar-refractivity contribution >= 4 is 13.1 Å². The first-order chi connectivity index (χ1) is 14.9. The van der Waals surface area contributed by atoms with E-state index in [4.69, 9.17) is 33.0 Å². The molecule has 0 aliphatic carbocycles. The SMILES string of the molecule is CC.CC(C)(C)OC(=O)COCCOCCOCCOC/C=C/B1OC(C)(C)C(C)(C)O1. The van der Waals surface area contributed by atoms with Gasteiger partial charge in [-0.05, 0) is 48.5 Å². The molecule has 0 aromatic heterocycles. The van der Waals surface area contributed by atoms with Gasteiger partial charge in [0.2, 0.25) is 0 Å². The fraction of sp³-hybridized carbons (Fsp3) is 0.870. The molecule has 9 heteroatoms. The van der Waals surface area contributed by atoms with Gasteiger partial charge in [-0.3, -0.25) is 0 Å². The number of esters is 1. The number of hydrogen-bond acceptors (Lipinski definition) is 8. The lowest BCUT2D eigenvalue weighted by atomic mass is 9.90. The molecule has 0 saturated carbocycles. The molecule has 0 unspecified atom stereocenters. The second-order valence-electron chi connectivity index (χ2n) is 8.99. The first-order valence-electron chi connectivity index (χ1n) is 11.5. The van der Waals surface area contributed by atoms with E-state index in [1.54, 1.807) is 0 Å². The van der Waals surface area contributed by atoms with Crippen LogP contribution in [0, 0.1) is 0 Å². The standard InChI is InChI=1S/C21H39BO8.C2H6/c1-19(2,3)28-18(23)17-27-16-15-26-14-13-25-12-11-24-10-8-9-22-29-20(4,5)21(6,7)30-22;1-2/h8-9H,10-17H2,1-7H3;1-2H3/b9-8+;. The van der Waals surface area contributed by atoms with E-state index in [1.165, 1.54) is 0 Å². The summed E-state index contributed by atoms with van der Waals surface area (Å²) < 4.78 is 38.4. The average molecular weight is 460 g/mol. The van der Waals surface area contributed by atoms with E-state index in [1.807, 2.05) is 74.4 Å². The first-order valence-corrected chi connectivity index (χ1v) is 11.5. The van der Waals surface area contributed by atoms with Gasteiger partial charge in [-0.15, -0.1) is 0 Å². The fourth-order valence-corrected chi connectivity index (χ4v) is 2.37. The fourth-order valence-electron chi connectivity index (χ4n) is 2.37. The Morgan fingerprint density at radius 1 is 0.812 bits per heavy atom. The third kappa shape index (κ3) is 14.2. The van der Waals surface area contributed by atoms with Gasteiger partial charge in [0.15, 0.2) is 0 Å². The van der Waals surface area contributed by atoms with E-state index < -0.39 is 5.60 Å². The Morgan fingerprint density at radius 3 is 1.72 bits per heavy atom. The summed E-state index contributed by atoms with van der Waals surface area (Å²) in [7, 11) is -0.347. The molecule has 1 fully saturated rings. The lowest BCUT2D eigenvalue weighted by molar-refractivity contribution is -0.160. The minimum absolute atomic E-state index is 0.0720. The van der Waals surface area contributed by atoms with Crippen LogP contribution in [0.1, 0.15) is 62.3 Å². The van der Waals surface area contributed by atoms with E-state index in [0.29, 0.717) is 46.2 Å². The minimum Gasteiger partial charge on any atom is -0.458 e. The first kappa shape index (κ1) is 31.0. The van der Waals surface area contributed by atoms with E-state index in [9.17, 15) is 4.79 Å². The van der Waals surface area contributed by atoms with Crippen molar-refractivity contribution in [1.29, 1.82) is 0 Å². The zero-order valence-electron chi connectivity index (χ0n) is 21.7. The van der Waals surface area contributed by atoms with E-state index >= 15 is 0 Å². The van der Waals surface area contributed by atoms with Gasteiger partial charge in [0.1, 0.15) is 12.2 Å². The number of ether oxygens (including phenoxy) is 5. The number of carbonyl (C=O) groups is 1. The van der Waals surface area contributed by atoms with Gasteiger partial charge in [-0.25, -0.2) is 4.79 Å². The Hall–Kier alpha value is -0.965. The Kier molecular flexibility index (Phi) is 15.3. The smallest absolute Gasteiger partial charge is 0.458 e. The van der Waals surface area contributed by atoms with Crippen LogP contribution in [0.5, 0.6) is 0 Å². The maximum atomic E-state index is 11.4. The molecule has 32 heavy (non-hydrogen) atoms. The molecule has 0 aromatic rings. The molecule has 1 heterocycles. The van der Waals surface area contributed by atoms with E-state index in [-0.39, 0.29) is 30.9 Å². The lowest BCUT2D eigenvalue weighted by Gasteiger charge is -2.32. The molecule has 0 amide bonds. The van der Waals surface area contributed by atoms with Crippen LogP contribution in [0.2, 0.25) is 0 Å². The predicted molar refractivity (Wildman–Crippen MR) is 126 cm³/mol. The monoisotopic (exact) mass is 460 g/mol. The van der Waals surface area contributed by atoms with Crippen molar-refractivity contribution in [2.24, 2.45) is 0 Å². The topological polar surface area (TPSA) is 81.7 Å². The summed E-state index contributed by atoms with van der Waals surface area (Å²) >= 11 is 0. The molecule has 1 aliphatic rings. The van der Waals surface area contributed by atoms with Crippen molar-refractivity contribution in [3.05, 3.63) is 12.1 Å². The molecular weight excluding hydrogens is 415 g/mol. The van der Waals surface area contributed by atoms with Crippen molar-refractivity contribution < 1.29 is 37.8 Å². The summed E-state index contributed by atoms with van der Waals surface area (Å²) in [4.78, 5) is 11.4. The van der Waals surface area contributed by atoms with Crippen LogP contribution in [0.3, 0.4) is 0 Å². The molecule has 188 valence electrons. The Bertz CT molecular complexity index is 513. The van der Waals surface area contributed by atoms with Gasteiger partial charge in [-0.1, -0.05) is 25.9 Å². The van der Waals surface area contributed by atoms with Crippen LogP contribution in [-0.2, 0) is 37.8 Å². The van der Waals surface area contributed by atoms with Crippen molar-refractivity contribution in [2.45, 2.75) is 79.1 Å². The van der Waals surface area contributed by atoms with Crippen LogP contribution >= 0.6 is 0 Å². The summed E-state index contributed by atoms with van der Waals surface area (Å²) in [5.41, 5.74) is -1.16. The van der Waals surface area contributed by atoms with Crippen LogP contribution < -0.4 is 0 Å². The molecular formula is C23H45BO8. The van der Waals surface area contributed by atoms with Gasteiger partial charge < -0.3 is 33.0 Å². The van der Waals surface area contributed by atoms with Gasteiger partial charge >= 0.3 is 13.1 Å². The highest BCUT2D eigenvalue weighted by Gasteiger charge is 2.49. The van der Waals surface area contributed by atoms with Crippen molar-refractivity contribution in [3.8, 4) is 0 Å². The molecule has 8 nitrogen and oxygen atoms in total. The van der Waals surface area contributed by atoms with Crippen LogP contribution in [-0.4, -0.2) is 82.7 Å². The van der Waals surface area contributed by atoms with Crippen molar-refractivity contribution in [1.82, 2.24) is 0 Å². The van der Waals surface area contributed by atoms with Gasteiger partial charge in [0.05, 0.1) is 57.5 Å². The van der Waals surface area contributed by atoms with Crippen molar-refractivity contribution in [3.63, 3.8) is 0 Å². The quantitative estimate of drug-likeness (QED) is 0.221. The minimum atomic E-state index is -0.499. The van der Waals surface area contributed by atoms with Crippen molar-refractivity contribution in [2.75, 3.05) is 52.9 Å². The molecule has 1 saturated heterocycles. The van der Waals surface area contributed by atoms with Gasteiger partial charge in [-0.2, -0.15) is 0 Å². The zero-order valence-corrected chi connectivity index (χ0v) is 21.7. The molecule has 0 radical (unpaired) electrons. The van der Waals surface area contributed by atoms with Crippen LogP contribution in [0.25, 0.3) is 0 Å². The molecule has 0 aromatic carbocycles. The molecule has 0 N–H and O–H groups in total. The molecule has 1 rings (SSSR count). The number of rotatable bonds is 14. The molecule has 0 atom stereocenters. The summed E-state index contributed by atoms with van der Waals surface area (Å²) in [6.45, 7) is 20.6. The highest BCUT2D eigenvalue weighted by molar-refractivity contribution is 6.51. The Labute approximate surface area is 195 Å². The zero-order chi connectivity index (χ0) is 24.7. The highest BCUT2D eigenvalue weighted by Crippen LogP contribution is 2.36. The van der Waals surface area contributed by atoms with Gasteiger partial charge in [0, 0.05) is 0 Å². The third-order valence-electron chi connectivity index (χ3n) is 4.53. The summed E-state index contributed by atoms with van der Waals surface area (Å²) in [5, 5.41) is 0.